The van der Waals surface area contributed by atoms with E-state index in [-0.39, 0.29) is 17.5 Å². The molecule has 2 heterocycles. The van der Waals surface area contributed by atoms with E-state index in [0.29, 0.717) is 26.6 Å². The van der Waals surface area contributed by atoms with Crippen molar-refractivity contribution in [1.82, 2.24) is 14.6 Å². The summed E-state index contributed by atoms with van der Waals surface area (Å²) in [5, 5.41) is 5.49. The van der Waals surface area contributed by atoms with Crippen LogP contribution in [0.5, 0.6) is 5.75 Å². The number of para-hydroxylation sites is 1. The van der Waals surface area contributed by atoms with Crippen LogP contribution < -0.4 is 10.3 Å². The molecule has 0 saturated heterocycles. The summed E-state index contributed by atoms with van der Waals surface area (Å²) >= 11 is 1.30. The summed E-state index contributed by atoms with van der Waals surface area (Å²) < 4.78 is 20.0. The van der Waals surface area contributed by atoms with Crippen LogP contribution in [0.15, 0.2) is 53.3 Å². The maximum absolute atomic E-state index is 13.0. The van der Waals surface area contributed by atoms with Gasteiger partial charge in [-0.05, 0) is 43.3 Å². The number of ether oxygens (including phenoxy) is 1. The standard InChI is InChI=1S/C17H12FN3O2S/c1-10(23-12-8-6-11(18)7-9-12)15-20-21-16(22)13-4-2-3-5-14(13)19-17(21)24-15/h2-10H,1H3/t10-/m1/s1. The second-order valence-electron chi connectivity index (χ2n) is 5.28. The van der Waals surface area contributed by atoms with Crippen molar-refractivity contribution < 1.29 is 9.13 Å². The molecule has 0 spiro atoms. The molecule has 1 atom stereocenters. The highest BCUT2D eigenvalue weighted by atomic mass is 32.1. The highest BCUT2D eigenvalue weighted by Crippen LogP contribution is 2.25. The zero-order chi connectivity index (χ0) is 16.7. The first-order chi connectivity index (χ1) is 11.6. The molecule has 2 aromatic carbocycles. The van der Waals surface area contributed by atoms with Crippen molar-refractivity contribution in [2.75, 3.05) is 0 Å². The van der Waals surface area contributed by atoms with Gasteiger partial charge in [-0.1, -0.05) is 23.5 Å². The van der Waals surface area contributed by atoms with Gasteiger partial charge < -0.3 is 4.74 Å². The Bertz CT molecular complexity index is 1090. The summed E-state index contributed by atoms with van der Waals surface area (Å²) in [4.78, 5) is 17.5. The van der Waals surface area contributed by atoms with Crippen molar-refractivity contribution in [3.63, 3.8) is 0 Å². The van der Waals surface area contributed by atoms with Crippen molar-refractivity contribution in [3.8, 4) is 5.75 Å². The molecule has 0 radical (unpaired) electrons. The van der Waals surface area contributed by atoms with Crippen molar-refractivity contribution in [2.45, 2.75) is 13.0 Å². The van der Waals surface area contributed by atoms with Gasteiger partial charge in [0, 0.05) is 0 Å². The summed E-state index contributed by atoms with van der Waals surface area (Å²) in [5.41, 5.74) is 0.442. The molecule has 7 heteroatoms. The number of halogens is 1. The van der Waals surface area contributed by atoms with Gasteiger partial charge in [-0.2, -0.15) is 9.61 Å². The molecule has 4 aromatic rings. The lowest BCUT2D eigenvalue weighted by molar-refractivity contribution is 0.224. The Kier molecular flexibility index (Phi) is 3.50. The molecule has 0 aliphatic carbocycles. The van der Waals surface area contributed by atoms with Crippen LogP contribution in [0.25, 0.3) is 15.9 Å². The number of aromatic nitrogens is 3. The monoisotopic (exact) mass is 341 g/mol. The topological polar surface area (TPSA) is 56.5 Å². The lowest BCUT2D eigenvalue weighted by Gasteiger charge is -2.11. The predicted octanol–water partition coefficient (Wildman–Crippen LogP) is 3.58. The largest absolute Gasteiger partial charge is 0.483 e. The highest BCUT2D eigenvalue weighted by Gasteiger charge is 2.16. The Morgan fingerprint density at radius 3 is 2.71 bits per heavy atom. The van der Waals surface area contributed by atoms with Crippen molar-refractivity contribution in [1.29, 1.82) is 0 Å². The average Bonchev–Trinajstić information content (AvgIpc) is 3.02. The van der Waals surface area contributed by atoms with Crippen LogP contribution in [0.4, 0.5) is 4.39 Å². The van der Waals surface area contributed by atoms with Crippen LogP contribution >= 0.6 is 11.3 Å². The van der Waals surface area contributed by atoms with Crippen LogP contribution in [0.1, 0.15) is 18.0 Å². The molecule has 5 nitrogen and oxygen atoms in total. The average molecular weight is 341 g/mol. The van der Waals surface area contributed by atoms with Gasteiger partial charge in [-0.15, -0.1) is 0 Å². The molecule has 120 valence electrons. The summed E-state index contributed by atoms with van der Waals surface area (Å²) in [6.07, 6.45) is -0.385. The normalized spacial score (nSPS) is 12.6. The highest BCUT2D eigenvalue weighted by molar-refractivity contribution is 7.16. The summed E-state index contributed by atoms with van der Waals surface area (Å²) in [6, 6.07) is 12.9. The number of hydrogen-bond acceptors (Lipinski definition) is 5. The van der Waals surface area contributed by atoms with Crippen LogP contribution in [0.3, 0.4) is 0 Å². The molecule has 4 rings (SSSR count). The summed E-state index contributed by atoms with van der Waals surface area (Å²) in [5.74, 6) is 0.214. The molecule has 0 amide bonds. The molecule has 2 aromatic heterocycles. The summed E-state index contributed by atoms with van der Waals surface area (Å²) in [7, 11) is 0. The molecule has 0 aliphatic heterocycles. The van der Waals surface area contributed by atoms with Gasteiger partial charge in [-0.3, -0.25) is 4.79 Å². The molecule has 0 saturated carbocycles. The molecule has 0 fully saturated rings. The van der Waals surface area contributed by atoms with Gasteiger partial charge in [0.2, 0.25) is 4.96 Å². The molecule has 0 aliphatic rings. The third kappa shape index (κ3) is 2.52. The fourth-order valence-electron chi connectivity index (χ4n) is 2.40. The smallest absolute Gasteiger partial charge is 0.283 e. The number of rotatable bonds is 3. The van der Waals surface area contributed by atoms with Crippen LogP contribution in [-0.2, 0) is 0 Å². The maximum Gasteiger partial charge on any atom is 0.283 e. The minimum absolute atomic E-state index is 0.202. The minimum atomic E-state index is -0.385. The van der Waals surface area contributed by atoms with Gasteiger partial charge in [-0.25, -0.2) is 9.37 Å². The lowest BCUT2D eigenvalue weighted by Crippen LogP contribution is -2.15. The number of hydrogen-bond donors (Lipinski definition) is 0. The molecule has 0 bridgehead atoms. The summed E-state index contributed by atoms with van der Waals surface area (Å²) in [6.45, 7) is 1.83. The molecule has 0 unspecified atom stereocenters. The van der Waals surface area contributed by atoms with E-state index in [1.165, 1.54) is 28.0 Å². The second kappa shape index (κ2) is 5.68. The Hall–Kier alpha value is -2.80. The molecule has 24 heavy (non-hydrogen) atoms. The lowest BCUT2D eigenvalue weighted by atomic mass is 10.2. The van der Waals surface area contributed by atoms with E-state index >= 15 is 0 Å². The van der Waals surface area contributed by atoms with E-state index in [0.717, 1.165) is 0 Å². The van der Waals surface area contributed by atoms with Crippen molar-refractivity contribution in [2.24, 2.45) is 0 Å². The zero-order valence-corrected chi connectivity index (χ0v) is 13.5. The Morgan fingerprint density at radius 2 is 1.92 bits per heavy atom. The fourth-order valence-corrected chi connectivity index (χ4v) is 3.28. The first-order valence-electron chi connectivity index (χ1n) is 7.32. The maximum atomic E-state index is 13.0. The number of benzene rings is 2. The second-order valence-corrected chi connectivity index (χ2v) is 6.27. The molecule has 0 N–H and O–H groups in total. The molecular weight excluding hydrogens is 329 g/mol. The SMILES string of the molecule is C[C@@H](Oc1ccc(F)cc1)c1nn2c(=O)c3ccccc3nc2s1. The molecular formula is C17H12FN3O2S. The third-order valence-electron chi connectivity index (χ3n) is 3.59. The van der Waals surface area contributed by atoms with Crippen LogP contribution in [0, 0.1) is 5.82 Å². The van der Waals surface area contributed by atoms with E-state index in [2.05, 4.69) is 10.1 Å². The minimum Gasteiger partial charge on any atom is -0.483 e. The van der Waals surface area contributed by atoms with Crippen molar-refractivity contribution in [3.05, 3.63) is 69.7 Å². The Labute approximate surface area is 140 Å². The third-order valence-corrected chi connectivity index (χ3v) is 4.66. The van der Waals surface area contributed by atoms with Gasteiger partial charge in [0.15, 0.2) is 5.01 Å². The quantitative estimate of drug-likeness (QED) is 0.571. The van der Waals surface area contributed by atoms with Gasteiger partial charge >= 0.3 is 0 Å². The number of fused-ring (bicyclic) bond motifs is 2. The van der Waals surface area contributed by atoms with E-state index in [4.69, 9.17) is 4.74 Å². The van der Waals surface area contributed by atoms with E-state index in [9.17, 15) is 9.18 Å². The Balaban J connectivity index is 1.74. The van der Waals surface area contributed by atoms with Crippen molar-refractivity contribution >= 4 is 27.2 Å². The van der Waals surface area contributed by atoms with E-state index in [1.807, 2.05) is 13.0 Å². The first kappa shape index (κ1) is 14.8. The van der Waals surface area contributed by atoms with E-state index in [1.54, 1.807) is 30.3 Å². The van der Waals surface area contributed by atoms with Gasteiger partial charge in [0.25, 0.3) is 5.56 Å². The van der Waals surface area contributed by atoms with Crippen LogP contribution in [0.2, 0.25) is 0 Å². The van der Waals surface area contributed by atoms with Crippen LogP contribution in [-0.4, -0.2) is 14.6 Å². The predicted molar refractivity (Wildman–Crippen MR) is 90.1 cm³/mol. The number of nitrogens with zero attached hydrogens (tertiary/aromatic N) is 3. The zero-order valence-electron chi connectivity index (χ0n) is 12.6. The first-order valence-corrected chi connectivity index (χ1v) is 8.14. The fraction of sp³-hybridized carbons (Fsp3) is 0.118. The van der Waals surface area contributed by atoms with Gasteiger partial charge in [0.05, 0.1) is 10.9 Å². The Morgan fingerprint density at radius 1 is 1.17 bits per heavy atom. The van der Waals surface area contributed by atoms with Gasteiger partial charge in [0.1, 0.15) is 17.7 Å². The van der Waals surface area contributed by atoms with E-state index < -0.39 is 0 Å².